The zero-order chi connectivity index (χ0) is 25.5. The van der Waals surface area contributed by atoms with Gasteiger partial charge in [0, 0.05) is 36.6 Å². The Morgan fingerprint density at radius 3 is 2.53 bits per heavy atom. The van der Waals surface area contributed by atoms with Crippen LogP contribution in [0.3, 0.4) is 0 Å². The van der Waals surface area contributed by atoms with Crippen molar-refractivity contribution in [2.24, 2.45) is 0 Å². The molecular weight excluding hydrogens is 481 g/mol. The highest BCUT2D eigenvalue weighted by Crippen LogP contribution is 2.31. The van der Waals surface area contributed by atoms with Crippen molar-refractivity contribution in [3.8, 4) is 17.0 Å². The third-order valence-electron chi connectivity index (χ3n) is 5.06. The van der Waals surface area contributed by atoms with Gasteiger partial charge in [-0.25, -0.2) is 4.98 Å². The number of nitrogens with one attached hydrogen (secondary N) is 2. The van der Waals surface area contributed by atoms with Crippen molar-refractivity contribution in [3.63, 3.8) is 0 Å². The lowest BCUT2D eigenvalue weighted by Crippen LogP contribution is -2.41. The van der Waals surface area contributed by atoms with E-state index in [2.05, 4.69) is 30.3 Å². The number of carbonyl (C=O) groups is 2. The number of morpholine rings is 1. The summed E-state index contributed by atoms with van der Waals surface area (Å²) < 4.78 is 47.9. The summed E-state index contributed by atoms with van der Waals surface area (Å²) in [7, 11) is 0. The van der Waals surface area contributed by atoms with Crippen LogP contribution in [0.5, 0.6) is 5.75 Å². The van der Waals surface area contributed by atoms with Crippen molar-refractivity contribution >= 4 is 23.3 Å². The number of alkyl halides is 3. The second kappa shape index (κ2) is 11.1. The topological polar surface area (TPSA) is 119 Å². The Morgan fingerprint density at radius 1 is 1.06 bits per heavy atom. The summed E-state index contributed by atoms with van der Waals surface area (Å²) in [4.78, 5) is 39.4. The Bertz CT molecular complexity index is 1200. The molecule has 4 rings (SSSR count). The molecule has 1 aromatic carbocycles. The van der Waals surface area contributed by atoms with Crippen LogP contribution < -0.4 is 15.4 Å². The van der Waals surface area contributed by atoms with Crippen molar-refractivity contribution in [3.05, 3.63) is 60.7 Å². The van der Waals surface area contributed by atoms with Gasteiger partial charge in [-0.15, -0.1) is 13.2 Å². The number of nitrogens with zero attached hydrogens (tertiary/aromatic N) is 4. The molecule has 10 nitrogen and oxygen atoms in total. The minimum atomic E-state index is -4.99. The van der Waals surface area contributed by atoms with E-state index in [0.717, 1.165) is 23.8 Å². The lowest BCUT2D eigenvalue weighted by atomic mass is 10.1. The largest absolute Gasteiger partial charge is 0.573 e. The molecule has 0 spiro atoms. The number of anilines is 2. The average molecular weight is 502 g/mol. The zero-order valence-corrected chi connectivity index (χ0v) is 18.8. The Hall–Kier alpha value is -4.10. The fraction of sp³-hybridized carbons (Fsp3) is 0.261. The van der Waals surface area contributed by atoms with E-state index >= 15 is 0 Å². The van der Waals surface area contributed by atoms with Crippen LogP contribution in [0.1, 0.15) is 10.4 Å². The second-order valence-electron chi connectivity index (χ2n) is 7.68. The monoisotopic (exact) mass is 502 g/mol. The highest BCUT2D eigenvalue weighted by atomic mass is 19.4. The molecule has 0 radical (unpaired) electrons. The van der Waals surface area contributed by atoms with Crippen molar-refractivity contribution in [1.82, 2.24) is 19.9 Å². The molecule has 0 atom stereocenters. The Morgan fingerprint density at radius 2 is 1.86 bits per heavy atom. The van der Waals surface area contributed by atoms with Crippen LogP contribution >= 0.6 is 0 Å². The minimum absolute atomic E-state index is 0.0238. The Balaban J connectivity index is 1.48. The van der Waals surface area contributed by atoms with E-state index < -0.39 is 23.9 Å². The first-order valence-corrected chi connectivity index (χ1v) is 10.8. The molecule has 2 N–H and O–H groups in total. The maximum Gasteiger partial charge on any atom is 0.573 e. The van der Waals surface area contributed by atoms with Gasteiger partial charge in [0.25, 0.3) is 5.91 Å². The molecule has 3 aromatic rings. The van der Waals surface area contributed by atoms with Crippen LogP contribution in [0.15, 0.2) is 55.1 Å². The molecule has 1 aliphatic rings. The normalized spacial score (nSPS) is 14.2. The standard InChI is InChI=1S/C23H21F3N6O4/c24-23(25,26)36-19-4-3-15(10-17(19)30-21(33)14-32-6-8-35-9-7-32)22(34)31-20-13-28-18(12-29-20)16-2-1-5-27-11-16/h1-5,10-13H,6-9,14H2,(H,30,33)(H,29,31,34). The Labute approximate surface area is 203 Å². The molecule has 36 heavy (non-hydrogen) atoms. The molecule has 188 valence electrons. The third-order valence-corrected chi connectivity index (χ3v) is 5.06. The molecule has 0 aliphatic carbocycles. The maximum absolute atomic E-state index is 12.9. The number of aromatic nitrogens is 3. The van der Waals surface area contributed by atoms with E-state index in [1.807, 2.05) is 0 Å². The molecule has 1 fully saturated rings. The first kappa shape index (κ1) is 25.0. The SMILES string of the molecule is O=C(CN1CCOCC1)Nc1cc(C(=O)Nc2cnc(-c3cccnc3)cn2)ccc1OC(F)(F)F. The van der Waals surface area contributed by atoms with Gasteiger partial charge < -0.3 is 20.1 Å². The predicted octanol–water partition coefficient (Wildman–Crippen LogP) is 2.96. The maximum atomic E-state index is 12.9. The summed E-state index contributed by atoms with van der Waals surface area (Å²) in [6.07, 6.45) is 1.03. The molecular formula is C23H21F3N6O4. The van der Waals surface area contributed by atoms with Gasteiger partial charge in [0.2, 0.25) is 5.91 Å². The lowest BCUT2D eigenvalue weighted by molar-refractivity contribution is -0.274. The summed E-state index contributed by atoms with van der Waals surface area (Å²) in [6.45, 7) is 1.89. The van der Waals surface area contributed by atoms with Crippen LogP contribution in [0.2, 0.25) is 0 Å². The van der Waals surface area contributed by atoms with E-state index in [-0.39, 0.29) is 23.6 Å². The number of benzene rings is 1. The first-order chi connectivity index (χ1) is 17.3. The van der Waals surface area contributed by atoms with E-state index in [9.17, 15) is 22.8 Å². The van der Waals surface area contributed by atoms with Crippen molar-refractivity contribution in [2.45, 2.75) is 6.36 Å². The second-order valence-corrected chi connectivity index (χ2v) is 7.68. The van der Waals surface area contributed by atoms with Crippen LogP contribution in [0, 0.1) is 0 Å². The van der Waals surface area contributed by atoms with Gasteiger partial charge in [0.15, 0.2) is 11.6 Å². The van der Waals surface area contributed by atoms with Gasteiger partial charge in [-0.2, -0.15) is 0 Å². The number of ether oxygens (including phenoxy) is 2. The molecule has 1 aliphatic heterocycles. The number of pyridine rings is 1. The number of hydrogen-bond donors (Lipinski definition) is 2. The zero-order valence-electron chi connectivity index (χ0n) is 18.8. The molecule has 2 amide bonds. The van der Waals surface area contributed by atoms with Gasteiger partial charge in [-0.05, 0) is 30.3 Å². The number of rotatable bonds is 7. The number of carbonyl (C=O) groups excluding carboxylic acids is 2. The quantitative estimate of drug-likeness (QED) is 0.506. The Kier molecular flexibility index (Phi) is 7.71. The molecule has 0 unspecified atom stereocenters. The predicted molar refractivity (Wildman–Crippen MR) is 122 cm³/mol. The van der Waals surface area contributed by atoms with Crippen LogP contribution in [-0.2, 0) is 9.53 Å². The summed E-state index contributed by atoms with van der Waals surface area (Å²) in [5, 5.41) is 4.93. The van der Waals surface area contributed by atoms with Gasteiger partial charge in [0.1, 0.15) is 0 Å². The summed E-state index contributed by atoms with van der Waals surface area (Å²) in [5.41, 5.74) is 0.959. The first-order valence-electron chi connectivity index (χ1n) is 10.8. The van der Waals surface area contributed by atoms with Crippen molar-refractivity contribution in [2.75, 3.05) is 43.5 Å². The van der Waals surface area contributed by atoms with Crippen LogP contribution in [-0.4, -0.2) is 70.9 Å². The molecule has 3 heterocycles. The molecule has 13 heteroatoms. The number of amides is 2. The lowest BCUT2D eigenvalue weighted by Gasteiger charge is -2.26. The highest BCUT2D eigenvalue weighted by molar-refractivity contribution is 6.05. The van der Waals surface area contributed by atoms with E-state index in [0.29, 0.717) is 32.0 Å². The van der Waals surface area contributed by atoms with Crippen LogP contribution in [0.25, 0.3) is 11.3 Å². The van der Waals surface area contributed by atoms with E-state index in [4.69, 9.17) is 4.74 Å². The molecule has 0 saturated carbocycles. The van der Waals surface area contributed by atoms with Crippen LogP contribution in [0.4, 0.5) is 24.7 Å². The fourth-order valence-electron chi connectivity index (χ4n) is 3.38. The van der Waals surface area contributed by atoms with E-state index in [1.54, 1.807) is 29.4 Å². The summed E-state index contributed by atoms with van der Waals surface area (Å²) >= 11 is 0. The molecule has 1 saturated heterocycles. The van der Waals surface area contributed by atoms with Gasteiger partial charge in [-0.3, -0.25) is 24.5 Å². The highest BCUT2D eigenvalue weighted by Gasteiger charge is 2.32. The number of halogens is 3. The van der Waals surface area contributed by atoms with Gasteiger partial charge in [-0.1, -0.05) is 0 Å². The number of hydrogen-bond acceptors (Lipinski definition) is 8. The molecule has 2 aromatic heterocycles. The van der Waals surface area contributed by atoms with Gasteiger partial charge >= 0.3 is 6.36 Å². The third kappa shape index (κ3) is 6.96. The van der Waals surface area contributed by atoms with Crippen molar-refractivity contribution in [1.29, 1.82) is 0 Å². The summed E-state index contributed by atoms with van der Waals surface area (Å²) in [5.74, 6) is -1.74. The van der Waals surface area contributed by atoms with E-state index in [1.165, 1.54) is 12.4 Å². The minimum Gasteiger partial charge on any atom is -0.404 e. The summed E-state index contributed by atoms with van der Waals surface area (Å²) in [6, 6.07) is 6.76. The van der Waals surface area contributed by atoms with Gasteiger partial charge in [0.05, 0.1) is 43.5 Å². The smallest absolute Gasteiger partial charge is 0.404 e. The molecule has 0 bridgehead atoms. The average Bonchev–Trinajstić information content (AvgIpc) is 2.86. The fourth-order valence-corrected chi connectivity index (χ4v) is 3.38. The van der Waals surface area contributed by atoms with Crippen molar-refractivity contribution < 1.29 is 32.2 Å².